The predicted molar refractivity (Wildman–Crippen MR) is 82.1 cm³/mol. The van der Waals surface area contributed by atoms with Crippen LogP contribution in [-0.4, -0.2) is 16.3 Å². The third-order valence-corrected chi connectivity index (χ3v) is 4.26. The van der Waals surface area contributed by atoms with E-state index in [1.54, 1.807) is 30.3 Å². The molecule has 124 valence electrons. The van der Waals surface area contributed by atoms with Gasteiger partial charge in [0.2, 0.25) is 0 Å². The van der Waals surface area contributed by atoms with Gasteiger partial charge in [-0.3, -0.25) is 0 Å². The topological polar surface area (TPSA) is 40.5 Å². The molecular weight excluding hydrogens is 329 g/mol. The van der Waals surface area contributed by atoms with E-state index in [0.29, 0.717) is 11.1 Å². The molecule has 2 rings (SSSR count). The van der Waals surface area contributed by atoms with E-state index in [4.69, 9.17) is 11.6 Å². The first-order valence-electron chi connectivity index (χ1n) is 6.91. The Kier molecular flexibility index (Phi) is 5.04. The molecule has 0 spiro atoms. The van der Waals surface area contributed by atoms with E-state index in [1.807, 2.05) is 0 Å². The fraction of sp³-hybridized carbons (Fsp3) is 0.294. The molecule has 0 aromatic heterocycles. The lowest BCUT2D eigenvalue weighted by Crippen LogP contribution is -2.39. The molecule has 0 bridgehead atoms. The van der Waals surface area contributed by atoms with Crippen molar-refractivity contribution >= 4 is 11.6 Å². The Balaban J connectivity index is 2.24. The minimum Gasteiger partial charge on any atom is -0.388 e. The molecule has 0 fully saturated rings. The lowest BCUT2D eigenvalue weighted by molar-refractivity contribution is -0.137. The third kappa shape index (κ3) is 3.86. The van der Waals surface area contributed by atoms with Crippen molar-refractivity contribution in [1.29, 1.82) is 0 Å². The summed E-state index contributed by atoms with van der Waals surface area (Å²) in [5.41, 5.74) is -1.68. The van der Waals surface area contributed by atoms with E-state index in [9.17, 15) is 23.4 Å². The Hall–Kier alpha value is -1.56. The van der Waals surface area contributed by atoms with Gasteiger partial charge in [0, 0.05) is 0 Å². The fourth-order valence-corrected chi connectivity index (χ4v) is 2.66. The molecule has 0 saturated heterocycles. The van der Waals surface area contributed by atoms with Crippen LogP contribution in [0.5, 0.6) is 0 Å². The lowest BCUT2D eigenvalue weighted by atomic mass is 9.86. The van der Waals surface area contributed by atoms with Gasteiger partial charge in [0.05, 0.1) is 10.9 Å². The lowest BCUT2D eigenvalue weighted by Gasteiger charge is -2.32. The molecule has 0 amide bonds. The Labute approximate surface area is 137 Å². The summed E-state index contributed by atoms with van der Waals surface area (Å²) in [5, 5.41) is 19.9. The second kappa shape index (κ2) is 6.51. The molecule has 0 aliphatic carbocycles. The second-order valence-corrected chi connectivity index (χ2v) is 5.95. The van der Waals surface area contributed by atoms with Gasteiger partial charge in [0.25, 0.3) is 0 Å². The molecule has 6 heteroatoms. The third-order valence-electron chi connectivity index (χ3n) is 3.77. The van der Waals surface area contributed by atoms with E-state index < -0.39 is 28.8 Å². The smallest absolute Gasteiger partial charge is 0.388 e. The molecule has 0 aliphatic heterocycles. The molecule has 0 aliphatic rings. The molecule has 2 N–H and O–H groups in total. The summed E-state index contributed by atoms with van der Waals surface area (Å²) in [6, 6.07) is 12.6. The van der Waals surface area contributed by atoms with Gasteiger partial charge in [-0.05, 0) is 30.2 Å². The van der Waals surface area contributed by atoms with Gasteiger partial charge in [0.1, 0.15) is 11.7 Å². The van der Waals surface area contributed by atoms with Gasteiger partial charge in [-0.2, -0.15) is 13.2 Å². The van der Waals surface area contributed by atoms with Gasteiger partial charge in [-0.15, -0.1) is 11.6 Å². The van der Waals surface area contributed by atoms with Crippen molar-refractivity contribution in [2.24, 2.45) is 0 Å². The second-order valence-electron chi connectivity index (χ2n) is 5.48. The molecule has 2 nitrogen and oxygen atoms in total. The molecule has 0 heterocycles. The number of halogens is 4. The van der Waals surface area contributed by atoms with Crippen LogP contribution in [0.4, 0.5) is 13.2 Å². The molecule has 2 aromatic rings. The first-order valence-corrected chi connectivity index (χ1v) is 7.35. The highest BCUT2D eigenvalue weighted by Gasteiger charge is 2.38. The van der Waals surface area contributed by atoms with Gasteiger partial charge >= 0.3 is 6.18 Å². The predicted octanol–water partition coefficient (Wildman–Crippen LogP) is 4.25. The van der Waals surface area contributed by atoms with Crippen molar-refractivity contribution in [1.82, 2.24) is 0 Å². The standard InChI is InChI=1S/C17H16ClF3O2/c1-16(23,12-5-3-2-4-6-12)15(22)14(18)11-7-9-13(10-8-11)17(19,20)21/h2-10,14-15,22-23H,1H3/t14-,15+,16-/m0/s1. The molecule has 3 atom stereocenters. The summed E-state index contributed by atoms with van der Waals surface area (Å²) in [7, 11) is 0. The maximum atomic E-state index is 12.6. The Morgan fingerprint density at radius 3 is 1.91 bits per heavy atom. The van der Waals surface area contributed by atoms with Crippen molar-refractivity contribution in [3.8, 4) is 0 Å². The average Bonchev–Trinajstić information content (AvgIpc) is 2.53. The Morgan fingerprint density at radius 2 is 1.43 bits per heavy atom. The Morgan fingerprint density at radius 1 is 0.913 bits per heavy atom. The minimum atomic E-state index is -4.44. The van der Waals surface area contributed by atoms with Gasteiger partial charge in [-0.25, -0.2) is 0 Å². The van der Waals surface area contributed by atoms with E-state index in [2.05, 4.69) is 0 Å². The summed E-state index contributed by atoms with van der Waals surface area (Å²) in [6.45, 7) is 1.41. The molecule has 2 aromatic carbocycles. The summed E-state index contributed by atoms with van der Waals surface area (Å²) >= 11 is 6.17. The summed E-state index contributed by atoms with van der Waals surface area (Å²) < 4.78 is 37.7. The van der Waals surface area contributed by atoms with Crippen molar-refractivity contribution in [3.63, 3.8) is 0 Å². The highest BCUT2D eigenvalue weighted by molar-refractivity contribution is 6.21. The van der Waals surface area contributed by atoms with Crippen LogP contribution < -0.4 is 0 Å². The maximum absolute atomic E-state index is 12.6. The quantitative estimate of drug-likeness (QED) is 0.814. The monoisotopic (exact) mass is 344 g/mol. The highest BCUT2D eigenvalue weighted by Crippen LogP contribution is 2.37. The zero-order valence-electron chi connectivity index (χ0n) is 12.3. The van der Waals surface area contributed by atoms with Crippen LogP contribution in [0.2, 0.25) is 0 Å². The Bertz CT molecular complexity index is 639. The summed E-state index contributed by atoms with van der Waals surface area (Å²) in [6.07, 6.45) is -5.84. The van der Waals surface area contributed by atoms with Gasteiger partial charge < -0.3 is 10.2 Å². The first kappa shape index (κ1) is 17.8. The summed E-state index contributed by atoms with van der Waals surface area (Å²) in [4.78, 5) is 0. The largest absolute Gasteiger partial charge is 0.416 e. The highest BCUT2D eigenvalue weighted by atomic mass is 35.5. The molecule has 0 unspecified atom stereocenters. The number of aliphatic hydroxyl groups excluding tert-OH is 1. The number of benzene rings is 2. The van der Waals surface area contributed by atoms with Crippen LogP contribution in [0.1, 0.15) is 29.0 Å². The SMILES string of the molecule is C[C@](O)(c1ccccc1)[C@H](O)[C@@H](Cl)c1ccc(C(F)(F)F)cc1. The zero-order valence-corrected chi connectivity index (χ0v) is 13.0. The van der Waals surface area contributed by atoms with Gasteiger partial charge in [0.15, 0.2) is 0 Å². The van der Waals surface area contributed by atoms with Crippen LogP contribution in [0.15, 0.2) is 54.6 Å². The minimum absolute atomic E-state index is 0.295. The number of rotatable bonds is 4. The first-order chi connectivity index (χ1) is 10.6. The van der Waals surface area contributed by atoms with Crippen LogP contribution in [0.25, 0.3) is 0 Å². The van der Waals surface area contributed by atoms with Crippen molar-refractivity contribution in [2.45, 2.75) is 30.2 Å². The molecule has 0 saturated carbocycles. The van der Waals surface area contributed by atoms with Crippen LogP contribution in [0, 0.1) is 0 Å². The zero-order chi connectivity index (χ0) is 17.3. The number of aliphatic hydroxyl groups is 2. The number of hydrogen-bond acceptors (Lipinski definition) is 2. The maximum Gasteiger partial charge on any atom is 0.416 e. The number of alkyl halides is 4. The van der Waals surface area contributed by atoms with E-state index in [1.165, 1.54) is 19.1 Å². The van der Waals surface area contributed by atoms with Crippen molar-refractivity contribution in [3.05, 3.63) is 71.3 Å². The summed E-state index contributed by atoms with van der Waals surface area (Å²) in [5.74, 6) is 0. The molecule has 23 heavy (non-hydrogen) atoms. The molecular formula is C17H16ClF3O2. The normalized spacial score (nSPS) is 17.3. The van der Waals surface area contributed by atoms with Gasteiger partial charge in [-0.1, -0.05) is 42.5 Å². The average molecular weight is 345 g/mol. The van der Waals surface area contributed by atoms with Crippen LogP contribution in [-0.2, 0) is 11.8 Å². The van der Waals surface area contributed by atoms with Crippen LogP contribution in [0.3, 0.4) is 0 Å². The van der Waals surface area contributed by atoms with E-state index in [0.717, 1.165) is 12.1 Å². The molecule has 0 radical (unpaired) electrons. The number of hydrogen-bond donors (Lipinski definition) is 2. The van der Waals surface area contributed by atoms with Crippen LogP contribution >= 0.6 is 11.6 Å². The van der Waals surface area contributed by atoms with E-state index in [-0.39, 0.29) is 0 Å². The van der Waals surface area contributed by atoms with Crippen molar-refractivity contribution < 1.29 is 23.4 Å². The van der Waals surface area contributed by atoms with Crippen molar-refractivity contribution in [2.75, 3.05) is 0 Å². The van der Waals surface area contributed by atoms with E-state index >= 15 is 0 Å². The fourth-order valence-electron chi connectivity index (χ4n) is 2.27.